The van der Waals surface area contributed by atoms with E-state index in [1.807, 2.05) is 31.2 Å². The maximum absolute atomic E-state index is 12.0. The first-order valence-corrected chi connectivity index (χ1v) is 5.92. The normalized spacial score (nSPS) is 11.2. The van der Waals surface area contributed by atoms with Crippen LogP contribution in [-0.4, -0.2) is 21.9 Å². The molecule has 0 radical (unpaired) electrons. The van der Waals surface area contributed by atoms with Crippen molar-refractivity contribution in [1.29, 1.82) is 0 Å². The molecule has 1 aromatic carbocycles. The predicted octanol–water partition coefficient (Wildman–Crippen LogP) is 1.74. The number of amides is 1. The van der Waals surface area contributed by atoms with Gasteiger partial charge in [-0.25, -0.2) is 0 Å². The van der Waals surface area contributed by atoms with Crippen molar-refractivity contribution >= 4 is 17.4 Å². The van der Waals surface area contributed by atoms with Crippen LogP contribution in [0.25, 0.3) is 0 Å². The predicted molar refractivity (Wildman–Crippen MR) is 75.9 cm³/mol. The van der Waals surface area contributed by atoms with Crippen molar-refractivity contribution in [2.45, 2.75) is 6.92 Å². The fourth-order valence-electron chi connectivity index (χ4n) is 1.57. The summed E-state index contributed by atoms with van der Waals surface area (Å²) in [5.74, 6) is -0.372. The van der Waals surface area contributed by atoms with Gasteiger partial charge < -0.3 is 16.3 Å². The molecule has 0 aliphatic heterocycles. The molecule has 6 nitrogen and oxygen atoms in total. The molecule has 102 valence electrons. The van der Waals surface area contributed by atoms with Crippen LogP contribution in [0.1, 0.15) is 21.6 Å². The first kappa shape index (κ1) is 13.5. The van der Waals surface area contributed by atoms with E-state index in [4.69, 9.17) is 10.9 Å². The maximum Gasteiger partial charge on any atom is 0.274 e. The fourth-order valence-corrected chi connectivity index (χ4v) is 1.57. The number of carbonyl (C=O) groups excluding carboxylic acids is 1. The molecule has 0 fully saturated rings. The number of nitrogens with one attached hydrogen (secondary N) is 1. The summed E-state index contributed by atoms with van der Waals surface area (Å²) in [6.45, 7) is 1.97. The maximum atomic E-state index is 12.0. The third kappa shape index (κ3) is 3.11. The van der Waals surface area contributed by atoms with Crippen LogP contribution >= 0.6 is 0 Å². The summed E-state index contributed by atoms with van der Waals surface area (Å²) in [5.41, 5.74) is 7.92. The minimum Gasteiger partial charge on any atom is -0.409 e. The third-order valence-corrected chi connectivity index (χ3v) is 2.71. The van der Waals surface area contributed by atoms with E-state index in [1.54, 1.807) is 6.07 Å². The van der Waals surface area contributed by atoms with Crippen molar-refractivity contribution in [2.24, 2.45) is 10.9 Å². The number of hydrogen-bond acceptors (Lipinski definition) is 4. The van der Waals surface area contributed by atoms with E-state index in [1.165, 1.54) is 12.3 Å². The summed E-state index contributed by atoms with van der Waals surface area (Å²) in [6, 6.07) is 10.5. The molecule has 1 aromatic heterocycles. The van der Waals surface area contributed by atoms with Gasteiger partial charge >= 0.3 is 0 Å². The molecule has 6 heteroatoms. The highest BCUT2D eigenvalue weighted by Crippen LogP contribution is 2.10. The molecule has 0 bridgehead atoms. The lowest BCUT2D eigenvalue weighted by molar-refractivity contribution is 0.102. The Balaban J connectivity index is 2.11. The van der Waals surface area contributed by atoms with Gasteiger partial charge in [0.25, 0.3) is 5.91 Å². The van der Waals surface area contributed by atoms with E-state index in [0.29, 0.717) is 11.3 Å². The molecule has 0 aliphatic rings. The minimum absolute atomic E-state index is 0.0528. The Morgan fingerprint density at radius 3 is 2.50 bits per heavy atom. The number of carbonyl (C=O) groups is 1. The van der Waals surface area contributed by atoms with E-state index in [9.17, 15) is 4.79 Å². The van der Waals surface area contributed by atoms with Gasteiger partial charge in [0.2, 0.25) is 0 Å². The highest BCUT2D eigenvalue weighted by molar-refractivity contribution is 6.03. The Kier molecular flexibility index (Phi) is 3.95. The number of nitrogens with zero attached hydrogens (tertiary/aromatic N) is 2. The standard InChI is InChI=1S/C14H14N4O2/c1-9-2-5-11(6-3-9)17-14(19)12-7-4-10(8-16-12)13(15)18-20/h2-8,20H,1H3,(H2,15,18)(H,17,19). The second-order valence-electron chi connectivity index (χ2n) is 4.24. The van der Waals surface area contributed by atoms with Crippen LogP contribution in [0.4, 0.5) is 5.69 Å². The number of anilines is 1. The number of aryl methyl sites for hydroxylation is 1. The van der Waals surface area contributed by atoms with Crippen LogP contribution in [0.15, 0.2) is 47.8 Å². The molecular weight excluding hydrogens is 256 g/mol. The molecule has 0 unspecified atom stereocenters. The summed E-state index contributed by atoms with van der Waals surface area (Å²) in [4.78, 5) is 15.9. The van der Waals surface area contributed by atoms with Gasteiger partial charge in [-0.05, 0) is 31.2 Å². The smallest absolute Gasteiger partial charge is 0.274 e. The van der Waals surface area contributed by atoms with Crippen molar-refractivity contribution in [3.8, 4) is 0 Å². The summed E-state index contributed by atoms with van der Waals surface area (Å²) in [7, 11) is 0. The van der Waals surface area contributed by atoms with Crippen LogP contribution in [0, 0.1) is 6.92 Å². The number of benzene rings is 1. The zero-order valence-electron chi connectivity index (χ0n) is 10.9. The molecule has 0 aliphatic carbocycles. The van der Waals surface area contributed by atoms with Gasteiger partial charge in [-0.3, -0.25) is 9.78 Å². The summed E-state index contributed by atoms with van der Waals surface area (Å²) >= 11 is 0. The van der Waals surface area contributed by atoms with E-state index in [-0.39, 0.29) is 17.4 Å². The SMILES string of the molecule is Cc1ccc(NC(=O)c2ccc(C(N)=NO)cn2)cc1. The average molecular weight is 270 g/mol. The fraction of sp³-hybridized carbons (Fsp3) is 0.0714. The quantitative estimate of drug-likeness (QED) is 0.342. The number of aromatic nitrogens is 1. The molecule has 20 heavy (non-hydrogen) atoms. The lowest BCUT2D eigenvalue weighted by Gasteiger charge is -2.05. The zero-order valence-corrected chi connectivity index (χ0v) is 10.9. The van der Waals surface area contributed by atoms with E-state index in [2.05, 4.69) is 15.5 Å². The van der Waals surface area contributed by atoms with Gasteiger partial charge in [0.1, 0.15) is 5.69 Å². The number of pyridine rings is 1. The molecule has 0 spiro atoms. The van der Waals surface area contributed by atoms with Crippen LogP contribution < -0.4 is 11.1 Å². The van der Waals surface area contributed by atoms with Crippen LogP contribution in [0.2, 0.25) is 0 Å². The van der Waals surface area contributed by atoms with Crippen LogP contribution in [0.3, 0.4) is 0 Å². The van der Waals surface area contributed by atoms with E-state index >= 15 is 0 Å². The highest BCUT2D eigenvalue weighted by atomic mass is 16.4. The van der Waals surface area contributed by atoms with Crippen molar-refractivity contribution in [3.05, 3.63) is 59.4 Å². The van der Waals surface area contributed by atoms with Crippen molar-refractivity contribution < 1.29 is 10.0 Å². The number of rotatable bonds is 3. The Hall–Kier alpha value is -2.89. The topological polar surface area (TPSA) is 101 Å². The molecule has 2 rings (SSSR count). The molecule has 0 saturated heterocycles. The largest absolute Gasteiger partial charge is 0.409 e. The molecule has 0 saturated carbocycles. The molecule has 1 heterocycles. The van der Waals surface area contributed by atoms with Crippen LogP contribution in [-0.2, 0) is 0 Å². The Morgan fingerprint density at radius 1 is 1.25 bits per heavy atom. The molecule has 0 atom stereocenters. The van der Waals surface area contributed by atoms with E-state index in [0.717, 1.165) is 5.56 Å². The van der Waals surface area contributed by atoms with Crippen LogP contribution in [0.5, 0.6) is 0 Å². The summed E-state index contributed by atoms with van der Waals surface area (Å²) in [6.07, 6.45) is 1.37. The second-order valence-corrected chi connectivity index (χ2v) is 4.24. The number of nitrogens with two attached hydrogens (primary N) is 1. The van der Waals surface area contributed by atoms with Gasteiger partial charge in [-0.2, -0.15) is 0 Å². The van der Waals surface area contributed by atoms with Crippen molar-refractivity contribution in [2.75, 3.05) is 5.32 Å². The Labute approximate surface area is 115 Å². The number of oxime groups is 1. The van der Waals surface area contributed by atoms with Gasteiger partial charge in [-0.1, -0.05) is 22.9 Å². The number of amidine groups is 1. The monoisotopic (exact) mass is 270 g/mol. The van der Waals surface area contributed by atoms with Gasteiger partial charge in [-0.15, -0.1) is 0 Å². The first-order chi connectivity index (χ1) is 9.60. The van der Waals surface area contributed by atoms with Crippen molar-refractivity contribution in [3.63, 3.8) is 0 Å². The van der Waals surface area contributed by atoms with Gasteiger partial charge in [0, 0.05) is 17.4 Å². The average Bonchev–Trinajstić information content (AvgIpc) is 2.49. The van der Waals surface area contributed by atoms with E-state index < -0.39 is 0 Å². The van der Waals surface area contributed by atoms with Gasteiger partial charge in [0.05, 0.1) is 0 Å². The lowest BCUT2D eigenvalue weighted by Crippen LogP contribution is -2.16. The Bertz CT molecular complexity index is 633. The second kappa shape index (κ2) is 5.83. The molecule has 1 amide bonds. The number of hydrogen-bond donors (Lipinski definition) is 3. The molecule has 2 aromatic rings. The highest BCUT2D eigenvalue weighted by Gasteiger charge is 2.08. The molecular formula is C14H14N4O2. The third-order valence-electron chi connectivity index (χ3n) is 2.71. The van der Waals surface area contributed by atoms with Crippen molar-refractivity contribution in [1.82, 2.24) is 4.98 Å². The summed E-state index contributed by atoms with van der Waals surface area (Å²) in [5, 5.41) is 14.1. The lowest BCUT2D eigenvalue weighted by atomic mass is 10.2. The van der Waals surface area contributed by atoms with Gasteiger partial charge in [0.15, 0.2) is 5.84 Å². The summed E-state index contributed by atoms with van der Waals surface area (Å²) < 4.78 is 0. The minimum atomic E-state index is -0.320. The zero-order chi connectivity index (χ0) is 14.5. The first-order valence-electron chi connectivity index (χ1n) is 5.92. The Morgan fingerprint density at radius 2 is 1.95 bits per heavy atom. The molecule has 4 N–H and O–H groups in total.